The van der Waals surface area contributed by atoms with Crippen molar-refractivity contribution in [2.45, 2.75) is 13.0 Å². The summed E-state index contributed by atoms with van der Waals surface area (Å²) < 4.78 is 15.0. The van der Waals surface area contributed by atoms with Gasteiger partial charge in [-0.25, -0.2) is 9.07 Å². The van der Waals surface area contributed by atoms with Crippen molar-refractivity contribution >= 4 is 29.9 Å². The fourth-order valence-corrected chi connectivity index (χ4v) is 2.65. The summed E-state index contributed by atoms with van der Waals surface area (Å²) in [5.74, 6) is 0.507. The first-order chi connectivity index (χ1) is 12.7. The first-order valence-electron chi connectivity index (χ1n) is 8.52. The predicted octanol–water partition coefficient (Wildman–Crippen LogP) is 3.54. The first-order valence-corrected chi connectivity index (χ1v) is 8.52. The first kappa shape index (κ1) is 20.9. The van der Waals surface area contributed by atoms with Crippen LogP contribution in [-0.2, 0) is 13.0 Å². The van der Waals surface area contributed by atoms with Gasteiger partial charge in [0.15, 0.2) is 5.96 Å². The van der Waals surface area contributed by atoms with Crippen molar-refractivity contribution in [3.05, 3.63) is 83.9 Å². The third kappa shape index (κ3) is 6.35. The van der Waals surface area contributed by atoms with Crippen molar-refractivity contribution in [2.75, 3.05) is 13.6 Å². The highest BCUT2D eigenvalue weighted by atomic mass is 127. The minimum atomic E-state index is -0.206. The molecule has 3 rings (SSSR count). The van der Waals surface area contributed by atoms with Crippen LogP contribution >= 0.6 is 24.0 Å². The average molecular weight is 479 g/mol. The van der Waals surface area contributed by atoms with E-state index >= 15 is 0 Å². The SMILES string of the molecule is CN=C(NCCc1cccc(F)c1)NCc1cccc(-n2cccn2)c1.I. The van der Waals surface area contributed by atoms with Gasteiger partial charge in [0.05, 0.1) is 5.69 Å². The molecule has 0 saturated heterocycles. The van der Waals surface area contributed by atoms with E-state index in [1.54, 1.807) is 25.4 Å². The molecule has 1 heterocycles. The molecule has 0 unspecified atom stereocenters. The second-order valence-corrected chi connectivity index (χ2v) is 5.85. The maximum absolute atomic E-state index is 13.2. The second-order valence-electron chi connectivity index (χ2n) is 5.85. The highest BCUT2D eigenvalue weighted by molar-refractivity contribution is 14.0. The summed E-state index contributed by atoms with van der Waals surface area (Å²) in [6, 6.07) is 16.7. The Morgan fingerprint density at radius 1 is 1.07 bits per heavy atom. The van der Waals surface area contributed by atoms with Gasteiger partial charge in [-0.1, -0.05) is 24.3 Å². The summed E-state index contributed by atoms with van der Waals surface area (Å²) in [5.41, 5.74) is 3.11. The van der Waals surface area contributed by atoms with Crippen molar-refractivity contribution in [2.24, 2.45) is 4.99 Å². The summed E-state index contributed by atoms with van der Waals surface area (Å²) in [7, 11) is 1.73. The molecule has 0 radical (unpaired) electrons. The number of guanidine groups is 1. The van der Waals surface area contributed by atoms with Crippen LogP contribution in [0.4, 0.5) is 4.39 Å². The van der Waals surface area contributed by atoms with Gasteiger partial charge in [-0.2, -0.15) is 5.10 Å². The summed E-state index contributed by atoms with van der Waals surface area (Å²) in [5, 5.41) is 10.8. The average Bonchev–Trinajstić information content (AvgIpc) is 3.20. The molecule has 0 saturated carbocycles. The molecule has 27 heavy (non-hydrogen) atoms. The van der Waals surface area contributed by atoms with E-state index in [2.05, 4.69) is 32.9 Å². The van der Waals surface area contributed by atoms with Gasteiger partial charge in [-0.05, 0) is 47.9 Å². The van der Waals surface area contributed by atoms with Crippen LogP contribution in [0.5, 0.6) is 0 Å². The lowest BCUT2D eigenvalue weighted by Crippen LogP contribution is -2.37. The van der Waals surface area contributed by atoms with Crippen LogP contribution in [0.1, 0.15) is 11.1 Å². The van der Waals surface area contributed by atoms with E-state index < -0.39 is 0 Å². The second kappa shape index (κ2) is 10.7. The van der Waals surface area contributed by atoms with Crippen LogP contribution in [0.3, 0.4) is 0 Å². The summed E-state index contributed by atoms with van der Waals surface area (Å²) in [6.45, 7) is 1.32. The standard InChI is InChI=1S/C20H22FN5.HI/c1-22-20(23-11-9-16-5-2-7-18(21)13-16)24-15-17-6-3-8-19(14-17)26-12-4-10-25-26;/h2-8,10,12-14H,9,11,15H2,1H3,(H2,22,23,24);1H. The highest BCUT2D eigenvalue weighted by Gasteiger charge is 2.02. The van der Waals surface area contributed by atoms with Gasteiger partial charge in [0.1, 0.15) is 5.82 Å². The van der Waals surface area contributed by atoms with Crippen molar-refractivity contribution in [3.63, 3.8) is 0 Å². The Kier molecular flexibility index (Phi) is 8.25. The van der Waals surface area contributed by atoms with Crippen LogP contribution in [-0.4, -0.2) is 29.3 Å². The minimum absolute atomic E-state index is 0. The fourth-order valence-electron chi connectivity index (χ4n) is 2.65. The highest BCUT2D eigenvalue weighted by Crippen LogP contribution is 2.09. The number of benzene rings is 2. The van der Waals surface area contributed by atoms with E-state index in [1.165, 1.54) is 6.07 Å². The molecule has 5 nitrogen and oxygen atoms in total. The zero-order valence-corrected chi connectivity index (χ0v) is 17.4. The third-order valence-corrected chi connectivity index (χ3v) is 3.96. The smallest absolute Gasteiger partial charge is 0.191 e. The predicted molar refractivity (Wildman–Crippen MR) is 117 cm³/mol. The molecule has 0 aliphatic heterocycles. The molecule has 0 bridgehead atoms. The topological polar surface area (TPSA) is 54.2 Å². The van der Waals surface area contributed by atoms with Gasteiger partial charge in [0.2, 0.25) is 0 Å². The monoisotopic (exact) mass is 479 g/mol. The van der Waals surface area contributed by atoms with Gasteiger partial charge in [0, 0.05) is 32.5 Å². The number of hydrogen-bond acceptors (Lipinski definition) is 2. The van der Waals surface area contributed by atoms with E-state index in [9.17, 15) is 4.39 Å². The molecule has 2 N–H and O–H groups in total. The summed E-state index contributed by atoms with van der Waals surface area (Å²) >= 11 is 0. The molecular weight excluding hydrogens is 456 g/mol. The number of aromatic nitrogens is 2. The Morgan fingerprint density at radius 2 is 1.89 bits per heavy atom. The minimum Gasteiger partial charge on any atom is -0.356 e. The van der Waals surface area contributed by atoms with Gasteiger partial charge >= 0.3 is 0 Å². The summed E-state index contributed by atoms with van der Waals surface area (Å²) in [4.78, 5) is 4.23. The van der Waals surface area contributed by atoms with Crippen LogP contribution in [0.15, 0.2) is 72.0 Å². The molecule has 0 fully saturated rings. The Balaban J connectivity index is 0.00000261. The lowest BCUT2D eigenvalue weighted by atomic mass is 10.1. The maximum atomic E-state index is 13.2. The van der Waals surface area contributed by atoms with E-state index in [4.69, 9.17) is 0 Å². The number of nitrogens with one attached hydrogen (secondary N) is 2. The molecule has 0 aliphatic rings. The van der Waals surface area contributed by atoms with E-state index in [1.807, 2.05) is 35.1 Å². The third-order valence-electron chi connectivity index (χ3n) is 3.96. The molecule has 1 aromatic heterocycles. The van der Waals surface area contributed by atoms with Crippen molar-refractivity contribution in [3.8, 4) is 5.69 Å². The van der Waals surface area contributed by atoms with Gasteiger partial charge < -0.3 is 10.6 Å². The Hall–Kier alpha value is -2.42. The van der Waals surface area contributed by atoms with Crippen molar-refractivity contribution in [1.82, 2.24) is 20.4 Å². The fraction of sp³-hybridized carbons (Fsp3) is 0.200. The molecular formula is C20H23FIN5. The normalized spacial score (nSPS) is 11.0. The lowest BCUT2D eigenvalue weighted by Gasteiger charge is -2.12. The molecule has 142 valence electrons. The van der Waals surface area contributed by atoms with Gasteiger partial charge in [-0.3, -0.25) is 4.99 Å². The number of aliphatic imine (C=N–C) groups is 1. The Bertz CT molecular complexity index is 864. The largest absolute Gasteiger partial charge is 0.356 e. The number of halogens is 2. The van der Waals surface area contributed by atoms with Gasteiger partial charge in [0.25, 0.3) is 0 Å². The number of nitrogens with zero attached hydrogens (tertiary/aromatic N) is 3. The number of rotatable bonds is 6. The van der Waals surface area contributed by atoms with Crippen molar-refractivity contribution < 1.29 is 4.39 Å². The van der Waals surface area contributed by atoms with E-state index in [0.717, 1.165) is 23.2 Å². The molecule has 0 amide bonds. The Morgan fingerprint density at radius 3 is 2.63 bits per heavy atom. The molecule has 3 aromatic rings. The molecule has 0 atom stereocenters. The van der Waals surface area contributed by atoms with Crippen LogP contribution in [0.25, 0.3) is 5.69 Å². The maximum Gasteiger partial charge on any atom is 0.191 e. The zero-order chi connectivity index (χ0) is 18.2. The van der Waals surface area contributed by atoms with Gasteiger partial charge in [-0.15, -0.1) is 24.0 Å². The van der Waals surface area contributed by atoms with Crippen LogP contribution < -0.4 is 10.6 Å². The molecule has 2 aromatic carbocycles. The zero-order valence-electron chi connectivity index (χ0n) is 15.1. The van der Waals surface area contributed by atoms with Crippen molar-refractivity contribution in [1.29, 1.82) is 0 Å². The van der Waals surface area contributed by atoms with E-state index in [-0.39, 0.29) is 29.8 Å². The molecule has 0 aliphatic carbocycles. The van der Waals surface area contributed by atoms with Crippen LogP contribution in [0.2, 0.25) is 0 Å². The van der Waals surface area contributed by atoms with Crippen LogP contribution in [0, 0.1) is 5.82 Å². The quantitative estimate of drug-likeness (QED) is 0.323. The lowest BCUT2D eigenvalue weighted by molar-refractivity contribution is 0.625. The Labute approximate surface area is 175 Å². The molecule has 0 spiro atoms. The summed E-state index contributed by atoms with van der Waals surface area (Å²) in [6.07, 6.45) is 4.40. The number of hydrogen-bond donors (Lipinski definition) is 2. The van der Waals surface area contributed by atoms with E-state index in [0.29, 0.717) is 19.0 Å². The molecule has 7 heteroatoms.